The van der Waals surface area contributed by atoms with Crippen LogP contribution < -0.4 is 9.47 Å². The minimum atomic E-state index is -0.206. The quantitative estimate of drug-likeness (QED) is 0.697. The number of aryl methyl sites for hydroxylation is 1. The molecule has 0 aliphatic carbocycles. The van der Waals surface area contributed by atoms with Gasteiger partial charge in [-0.1, -0.05) is 24.3 Å². The highest BCUT2D eigenvalue weighted by atomic mass is 19.1. The summed E-state index contributed by atoms with van der Waals surface area (Å²) < 4.78 is 27.1. The minimum absolute atomic E-state index is 0.206. The van der Waals surface area contributed by atoms with Crippen LogP contribution in [0, 0.1) is 5.82 Å². The van der Waals surface area contributed by atoms with Gasteiger partial charge >= 0.3 is 0 Å². The van der Waals surface area contributed by atoms with E-state index in [-0.39, 0.29) is 5.82 Å². The molecule has 1 heterocycles. The normalized spacial score (nSPS) is 10.9. The monoisotopic (exact) mass is 299 g/mol. The summed E-state index contributed by atoms with van der Waals surface area (Å²) in [5, 5.41) is 0.889. The summed E-state index contributed by atoms with van der Waals surface area (Å²) in [4.78, 5) is 0. The van der Waals surface area contributed by atoms with Crippen LogP contribution in [0.2, 0.25) is 0 Å². The Hall–Kier alpha value is -2.49. The summed E-state index contributed by atoms with van der Waals surface area (Å²) in [5.74, 6) is 1.16. The van der Waals surface area contributed by atoms with E-state index in [0.717, 1.165) is 11.1 Å². The number of methoxy groups -OCH3 is 1. The third-order valence-electron chi connectivity index (χ3n) is 3.72. The number of nitrogens with zero attached hydrogens (tertiary/aromatic N) is 1. The first-order valence-electron chi connectivity index (χ1n) is 7.27. The number of hydrogen-bond donors (Lipinski definition) is 0. The van der Waals surface area contributed by atoms with E-state index in [1.807, 2.05) is 47.9 Å². The van der Waals surface area contributed by atoms with Crippen molar-refractivity contribution in [3.05, 3.63) is 60.0 Å². The fourth-order valence-electron chi connectivity index (χ4n) is 2.70. The third kappa shape index (κ3) is 2.52. The third-order valence-corrected chi connectivity index (χ3v) is 3.72. The van der Waals surface area contributed by atoms with E-state index in [4.69, 9.17) is 9.47 Å². The Balaban J connectivity index is 1.92. The number of fused-ring (bicyclic) bond motifs is 1. The average molecular weight is 299 g/mol. The van der Waals surface area contributed by atoms with Crippen LogP contribution in [0.3, 0.4) is 0 Å². The van der Waals surface area contributed by atoms with Crippen LogP contribution >= 0.6 is 0 Å². The fourth-order valence-corrected chi connectivity index (χ4v) is 2.70. The number of para-hydroxylation sites is 3. The molecule has 3 rings (SSSR count). The lowest BCUT2D eigenvalue weighted by Crippen LogP contribution is -2.05. The highest BCUT2D eigenvalue weighted by molar-refractivity contribution is 5.81. The summed E-state index contributed by atoms with van der Waals surface area (Å²) in [7, 11) is 1.61. The molecule has 0 saturated heterocycles. The van der Waals surface area contributed by atoms with Crippen molar-refractivity contribution in [3.63, 3.8) is 0 Å². The number of rotatable bonds is 5. The van der Waals surface area contributed by atoms with Gasteiger partial charge in [0.25, 0.3) is 0 Å². The summed E-state index contributed by atoms with van der Waals surface area (Å²) in [6, 6.07) is 14.6. The highest BCUT2D eigenvalue weighted by Gasteiger charge is 2.12. The fraction of sp³-hybridized carbons (Fsp3) is 0.222. The van der Waals surface area contributed by atoms with Gasteiger partial charge in [0.05, 0.1) is 18.3 Å². The van der Waals surface area contributed by atoms with Crippen molar-refractivity contribution in [1.82, 2.24) is 4.57 Å². The van der Waals surface area contributed by atoms with Crippen molar-refractivity contribution >= 4 is 10.9 Å². The Morgan fingerprint density at radius 1 is 1.05 bits per heavy atom. The van der Waals surface area contributed by atoms with Crippen LogP contribution in [0.4, 0.5) is 4.39 Å². The molecule has 22 heavy (non-hydrogen) atoms. The molecule has 3 aromatic rings. The summed E-state index contributed by atoms with van der Waals surface area (Å²) in [6.07, 6.45) is 0. The van der Waals surface area contributed by atoms with E-state index < -0.39 is 0 Å². The average Bonchev–Trinajstić information content (AvgIpc) is 2.92. The van der Waals surface area contributed by atoms with Crippen molar-refractivity contribution < 1.29 is 13.9 Å². The van der Waals surface area contributed by atoms with E-state index in [9.17, 15) is 4.39 Å². The first-order valence-corrected chi connectivity index (χ1v) is 7.27. The number of benzene rings is 2. The molecule has 4 heteroatoms. The summed E-state index contributed by atoms with van der Waals surface area (Å²) in [6.45, 7) is 3.05. The maximum absolute atomic E-state index is 14.0. The van der Waals surface area contributed by atoms with Gasteiger partial charge in [-0.3, -0.25) is 0 Å². The summed E-state index contributed by atoms with van der Waals surface area (Å²) >= 11 is 0. The predicted octanol–water partition coefficient (Wildman–Crippen LogP) is 4.39. The molecule has 0 aliphatic rings. The SMILES string of the molecule is CCn1c(COc2ccccc2OC)cc2cccc(F)c21. The van der Waals surface area contributed by atoms with E-state index in [1.54, 1.807) is 13.2 Å². The van der Waals surface area contributed by atoms with Crippen molar-refractivity contribution in [1.29, 1.82) is 0 Å². The highest BCUT2D eigenvalue weighted by Crippen LogP contribution is 2.28. The van der Waals surface area contributed by atoms with Crippen molar-refractivity contribution in [2.75, 3.05) is 7.11 Å². The molecule has 0 saturated carbocycles. The zero-order valence-electron chi connectivity index (χ0n) is 12.7. The van der Waals surface area contributed by atoms with Crippen LogP contribution in [-0.2, 0) is 13.2 Å². The first kappa shape index (κ1) is 14.4. The van der Waals surface area contributed by atoms with Crippen LogP contribution in [0.5, 0.6) is 11.5 Å². The van der Waals surface area contributed by atoms with E-state index in [1.165, 1.54) is 6.07 Å². The zero-order valence-corrected chi connectivity index (χ0v) is 12.7. The molecule has 0 aliphatic heterocycles. The zero-order chi connectivity index (χ0) is 15.5. The van der Waals surface area contributed by atoms with Gasteiger partial charge in [-0.05, 0) is 31.2 Å². The van der Waals surface area contributed by atoms with Crippen LogP contribution in [0.1, 0.15) is 12.6 Å². The van der Waals surface area contributed by atoms with Crippen LogP contribution in [0.15, 0.2) is 48.5 Å². The maximum atomic E-state index is 14.0. The number of aromatic nitrogens is 1. The van der Waals surface area contributed by atoms with Crippen molar-refractivity contribution in [3.8, 4) is 11.5 Å². The lowest BCUT2D eigenvalue weighted by Gasteiger charge is -2.12. The van der Waals surface area contributed by atoms with Gasteiger partial charge in [0.2, 0.25) is 0 Å². The smallest absolute Gasteiger partial charge is 0.161 e. The van der Waals surface area contributed by atoms with Gasteiger partial charge in [0.15, 0.2) is 11.5 Å². The molecule has 3 nitrogen and oxygen atoms in total. The van der Waals surface area contributed by atoms with E-state index in [2.05, 4.69) is 0 Å². The molecule has 2 aromatic carbocycles. The predicted molar refractivity (Wildman–Crippen MR) is 84.9 cm³/mol. The van der Waals surface area contributed by atoms with E-state index >= 15 is 0 Å². The largest absolute Gasteiger partial charge is 0.493 e. The number of ether oxygens (including phenoxy) is 2. The number of halogens is 1. The van der Waals surface area contributed by atoms with Crippen LogP contribution in [-0.4, -0.2) is 11.7 Å². The molecule has 0 N–H and O–H groups in total. The van der Waals surface area contributed by atoms with Gasteiger partial charge in [-0.2, -0.15) is 0 Å². The molecule has 0 bridgehead atoms. The van der Waals surface area contributed by atoms with Gasteiger partial charge in [-0.25, -0.2) is 4.39 Å². The molecule has 0 radical (unpaired) electrons. The lowest BCUT2D eigenvalue weighted by atomic mass is 10.2. The Labute approximate surface area is 128 Å². The topological polar surface area (TPSA) is 23.4 Å². The summed E-state index contributed by atoms with van der Waals surface area (Å²) in [5.41, 5.74) is 1.57. The lowest BCUT2D eigenvalue weighted by molar-refractivity contribution is 0.276. The minimum Gasteiger partial charge on any atom is -0.493 e. The first-order chi connectivity index (χ1) is 10.7. The maximum Gasteiger partial charge on any atom is 0.161 e. The Bertz CT molecular complexity index is 795. The molecule has 0 fully saturated rings. The molecular weight excluding hydrogens is 281 g/mol. The van der Waals surface area contributed by atoms with E-state index in [0.29, 0.717) is 30.2 Å². The molecule has 0 atom stereocenters. The molecule has 0 unspecified atom stereocenters. The molecule has 114 valence electrons. The second kappa shape index (κ2) is 6.10. The van der Waals surface area contributed by atoms with Crippen molar-refractivity contribution in [2.45, 2.75) is 20.1 Å². The Morgan fingerprint density at radius 2 is 1.82 bits per heavy atom. The Kier molecular flexibility index (Phi) is 4.00. The van der Waals surface area contributed by atoms with Gasteiger partial charge in [0, 0.05) is 11.9 Å². The number of hydrogen-bond acceptors (Lipinski definition) is 2. The molecule has 0 amide bonds. The van der Waals surface area contributed by atoms with Crippen LogP contribution in [0.25, 0.3) is 10.9 Å². The van der Waals surface area contributed by atoms with Gasteiger partial charge < -0.3 is 14.0 Å². The molecule has 0 spiro atoms. The molecule has 1 aromatic heterocycles. The Morgan fingerprint density at radius 3 is 2.55 bits per heavy atom. The second-order valence-corrected chi connectivity index (χ2v) is 5.00. The molecular formula is C18H18FNO2. The van der Waals surface area contributed by atoms with Gasteiger partial charge in [-0.15, -0.1) is 0 Å². The second-order valence-electron chi connectivity index (χ2n) is 5.00. The standard InChI is InChI=1S/C18H18FNO2/c1-3-20-14(11-13-7-6-8-15(19)18(13)20)12-22-17-10-5-4-9-16(17)21-2/h4-11H,3,12H2,1-2H3. The van der Waals surface area contributed by atoms with Gasteiger partial charge in [0.1, 0.15) is 12.4 Å². The van der Waals surface area contributed by atoms with Crippen molar-refractivity contribution in [2.24, 2.45) is 0 Å².